The Bertz CT molecular complexity index is 1530. The molecule has 204 valence electrons. The van der Waals surface area contributed by atoms with Crippen LogP contribution >= 0.6 is 12.4 Å². The molecule has 0 bridgehead atoms. The second-order valence-electron chi connectivity index (χ2n) is 10.0. The SMILES string of the molecule is CCCCN(CCCC)CCCN1C(=O)c2cccc3c(-c4cc(=O)c5ccccc5o4)ccc(c23)C1=O.Cl. The fourth-order valence-corrected chi connectivity index (χ4v) is 5.35. The van der Waals surface area contributed by atoms with Crippen molar-refractivity contribution in [3.63, 3.8) is 0 Å². The lowest BCUT2D eigenvalue weighted by Crippen LogP contribution is -2.42. The smallest absolute Gasteiger partial charge is 0.261 e. The second kappa shape index (κ2) is 12.6. The summed E-state index contributed by atoms with van der Waals surface area (Å²) in [6.07, 6.45) is 5.35. The highest BCUT2D eigenvalue weighted by atomic mass is 35.5. The van der Waals surface area contributed by atoms with Crippen molar-refractivity contribution in [2.75, 3.05) is 26.2 Å². The molecule has 0 atom stereocenters. The van der Waals surface area contributed by atoms with Crippen molar-refractivity contribution in [3.05, 3.63) is 82.0 Å². The third kappa shape index (κ3) is 5.63. The van der Waals surface area contributed by atoms with Crippen LogP contribution in [-0.2, 0) is 0 Å². The summed E-state index contributed by atoms with van der Waals surface area (Å²) in [6.45, 7) is 7.75. The topological polar surface area (TPSA) is 70.8 Å². The number of carbonyl (C=O) groups is 2. The molecule has 2 amide bonds. The van der Waals surface area contributed by atoms with Gasteiger partial charge in [-0.3, -0.25) is 19.3 Å². The molecule has 1 aliphatic rings. The van der Waals surface area contributed by atoms with E-state index in [4.69, 9.17) is 4.42 Å². The first-order chi connectivity index (χ1) is 18.5. The Morgan fingerprint density at radius 1 is 0.718 bits per heavy atom. The van der Waals surface area contributed by atoms with Gasteiger partial charge in [0.1, 0.15) is 11.3 Å². The molecule has 0 fully saturated rings. The Kier molecular flexibility index (Phi) is 9.20. The molecule has 5 rings (SSSR count). The zero-order valence-corrected chi connectivity index (χ0v) is 23.4. The molecule has 0 aliphatic carbocycles. The van der Waals surface area contributed by atoms with Gasteiger partial charge < -0.3 is 9.32 Å². The molecular weight excluding hydrogens is 512 g/mol. The van der Waals surface area contributed by atoms with E-state index in [2.05, 4.69) is 18.7 Å². The molecule has 3 aromatic carbocycles. The summed E-state index contributed by atoms with van der Waals surface area (Å²) < 4.78 is 6.09. The molecule has 1 aliphatic heterocycles. The van der Waals surface area contributed by atoms with E-state index in [9.17, 15) is 14.4 Å². The molecule has 1 aromatic heterocycles. The fraction of sp³-hybridized carbons (Fsp3) is 0.344. The minimum atomic E-state index is -0.265. The number of fused-ring (bicyclic) bond motifs is 1. The van der Waals surface area contributed by atoms with Crippen molar-refractivity contribution in [2.45, 2.75) is 46.0 Å². The van der Waals surface area contributed by atoms with Gasteiger partial charge in [-0.05, 0) is 74.6 Å². The van der Waals surface area contributed by atoms with Crippen molar-refractivity contribution in [3.8, 4) is 11.3 Å². The maximum atomic E-state index is 13.5. The number of nitrogens with zero attached hydrogens (tertiary/aromatic N) is 2. The largest absolute Gasteiger partial charge is 0.456 e. The number of imide groups is 1. The van der Waals surface area contributed by atoms with E-state index in [0.29, 0.717) is 45.4 Å². The highest BCUT2D eigenvalue weighted by Gasteiger charge is 2.33. The maximum Gasteiger partial charge on any atom is 0.261 e. The van der Waals surface area contributed by atoms with Crippen molar-refractivity contribution in [2.24, 2.45) is 0 Å². The van der Waals surface area contributed by atoms with Gasteiger partial charge in [0.2, 0.25) is 0 Å². The lowest BCUT2D eigenvalue weighted by molar-refractivity contribution is 0.0603. The van der Waals surface area contributed by atoms with Gasteiger partial charge in [0.25, 0.3) is 11.8 Å². The van der Waals surface area contributed by atoms with Crippen molar-refractivity contribution < 1.29 is 14.0 Å². The molecule has 0 saturated heterocycles. The Labute approximate surface area is 235 Å². The molecule has 0 radical (unpaired) electrons. The Morgan fingerprint density at radius 2 is 1.33 bits per heavy atom. The van der Waals surface area contributed by atoms with E-state index in [1.807, 2.05) is 24.3 Å². The van der Waals surface area contributed by atoms with Crippen LogP contribution in [0.5, 0.6) is 0 Å². The highest BCUT2D eigenvalue weighted by molar-refractivity contribution is 6.26. The van der Waals surface area contributed by atoms with Crippen molar-refractivity contribution >= 4 is 46.0 Å². The van der Waals surface area contributed by atoms with Crippen LogP contribution in [0.4, 0.5) is 0 Å². The third-order valence-corrected chi connectivity index (χ3v) is 7.40. The van der Waals surface area contributed by atoms with E-state index in [-0.39, 0.29) is 29.7 Å². The lowest BCUT2D eigenvalue weighted by Gasteiger charge is -2.29. The van der Waals surface area contributed by atoms with Crippen LogP contribution in [0, 0.1) is 0 Å². The Balaban J connectivity index is 0.00000353. The number of hydrogen-bond acceptors (Lipinski definition) is 5. The van der Waals surface area contributed by atoms with E-state index in [0.717, 1.165) is 57.1 Å². The quantitative estimate of drug-likeness (QED) is 0.191. The van der Waals surface area contributed by atoms with Crippen molar-refractivity contribution in [1.82, 2.24) is 9.80 Å². The molecule has 0 spiro atoms. The first-order valence-electron chi connectivity index (χ1n) is 13.7. The van der Waals surface area contributed by atoms with Gasteiger partial charge in [0.05, 0.1) is 5.39 Å². The first-order valence-corrected chi connectivity index (χ1v) is 13.7. The maximum absolute atomic E-state index is 13.5. The average molecular weight is 547 g/mol. The summed E-state index contributed by atoms with van der Waals surface area (Å²) in [5, 5.41) is 1.87. The highest BCUT2D eigenvalue weighted by Crippen LogP contribution is 2.36. The van der Waals surface area contributed by atoms with E-state index in [1.54, 1.807) is 30.3 Å². The molecule has 39 heavy (non-hydrogen) atoms. The van der Waals surface area contributed by atoms with Gasteiger partial charge in [-0.2, -0.15) is 0 Å². The number of benzene rings is 3. The fourth-order valence-electron chi connectivity index (χ4n) is 5.35. The minimum Gasteiger partial charge on any atom is -0.456 e. The molecule has 0 unspecified atom stereocenters. The molecule has 4 aromatic rings. The van der Waals surface area contributed by atoms with Crippen LogP contribution in [0.3, 0.4) is 0 Å². The number of carbonyl (C=O) groups excluding carboxylic acids is 2. The van der Waals surface area contributed by atoms with Gasteiger partial charge >= 0.3 is 0 Å². The standard InChI is InChI=1S/C32H34N2O4.ClH/c1-3-5-17-33(18-6-4-2)19-10-20-34-31(36)25-13-9-12-23-22(15-16-26(30(23)25)32(34)37)29-21-27(35)24-11-7-8-14-28(24)38-29;/h7-9,11-16,21H,3-6,10,17-20H2,1-2H3;1H. The van der Waals surface area contributed by atoms with Crippen LogP contribution in [0.25, 0.3) is 33.1 Å². The van der Waals surface area contributed by atoms with Crippen LogP contribution in [-0.4, -0.2) is 47.8 Å². The molecule has 6 nitrogen and oxygen atoms in total. The van der Waals surface area contributed by atoms with Crippen LogP contribution < -0.4 is 5.43 Å². The van der Waals surface area contributed by atoms with Gasteiger partial charge in [0.15, 0.2) is 5.43 Å². The summed E-state index contributed by atoms with van der Waals surface area (Å²) in [4.78, 5) is 43.6. The summed E-state index contributed by atoms with van der Waals surface area (Å²) in [5.74, 6) is -0.114. The zero-order chi connectivity index (χ0) is 26.6. The number of rotatable bonds is 11. The molecule has 0 N–H and O–H groups in total. The Morgan fingerprint density at radius 3 is 2.05 bits per heavy atom. The van der Waals surface area contributed by atoms with Gasteiger partial charge in [-0.25, -0.2) is 0 Å². The van der Waals surface area contributed by atoms with Crippen LogP contribution in [0.2, 0.25) is 0 Å². The minimum absolute atomic E-state index is 0. The van der Waals surface area contributed by atoms with E-state index >= 15 is 0 Å². The summed E-state index contributed by atoms with van der Waals surface area (Å²) in [5.41, 5.74) is 2.07. The molecule has 0 saturated carbocycles. The average Bonchev–Trinajstić information content (AvgIpc) is 2.94. The van der Waals surface area contributed by atoms with Gasteiger partial charge in [-0.15, -0.1) is 12.4 Å². The monoisotopic (exact) mass is 546 g/mol. The van der Waals surface area contributed by atoms with Crippen molar-refractivity contribution in [1.29, 1.82) is 0 Å². The summed E-state index contributed by atoms with van der Waals surface area (Å²) in [6, 6.07) is 17.7. The van der Waals surface area contributed by atoms with Gasteiger partial charge in [0, 0.05) is 34.7 Å². The predicted octanol–water partition coefficient (Wildman–Crippen LogP) is 6.92. The van der Waals surface area contributed by atoms with Crippen LogP contribution in [0.15, 0.2) is 69.9 Å². The van der Waals surface area contributed by atoms with E-state index < -0.39 is 0 Å². The number of para-hydroxylation sites is 1. The summed E-state index contributed by atoms with van der Waals surface area (Å²) in [7, 11) is 0. The third-order valence-electron chi connectivity index (χ3n) is 7.40. The number of halogens is 1. The summed E-state index contributed by atoms with van der Waals surface area (Å²) >= 11 is 0. The number of unbranched alkanes of at least 4 members (excludes halogenated alkanes) is 2. The van der Waals surface area contributed by atoms with Gasteiger partial charge in [-0.1, -0.05) is 51.0 Å². The zero-order valence-electron chi connectivity index (χ0n) is 22.6. The first kappa shape index (κ1) is 28.5. The van der Waals surface area contributed by atoms with E-state index in [1.165, 1.54) is 11.0 Å². The lowest BCUT2D eigenvalue weighted by atomic mass is 9.90. The second-order valence-corrected chi connectivity index (χ2v) is 10.0. The molecule has 2 heterocycles. The molecule has 7 heteroatoms. The van der Waals surface area contributed by atoms with Crippen LogP contribution in [0.1, 0.15) is 66.7 Å². The Hall–Kier alpha value is -3.48. The normalized spacial score (nSPS) is 12.9. The predicted molar refractivity (Wildman–Crippen MR) is 159 cm³/mol. The number of hydrogen-bond donors (Lipinski definition) is 0. The molecular formula is C32H35ClN2O4. The number of amides is 2.